The summed E-state index contributed by atoms with van der Waals surface area (Å²) in [5.41, 5.74) is 2.49. The Kier molecular flexibility index (Phi) is 11.7. The Morgan fingerprint density at radius 2 is 1.65 bits per heavy atom. The van der Waals surface area contributed by atoms with Crippen LogP contribution < -0.4 is 10.6 Å². The fourth-order valence-electron chi connectivity index (χ4n) is 4.59. The number of aliphatic hydroxyl groups is 1. The fraction of sp³-hybridized carbons (Fsp3) is 0.387. The highest BCUT2D eigenvalue weighted by molar-refractivity contribution is 6.00. The highest BCUT2D eigenvalue weighted by Crippen LogP contribution is 2.16. The van der Waals surface area contributed by atoms with E-state index in [0.717, 1.165) is 30.2 Å². The lowest BCUT2D eigenvalue weighted by Gasteiger charge is -2.25. The average molecular weight is 553 g/mol. The van der Waals surface area contributed by atoms with Gasteiger partial charge in [-0.25, -0.2) is 8.78 Å². The summed E-state index contributed by atoms with van der Waals surface area (Å²) in [6, 6.07) is 12.7. The maximum absolute atomic E-state index is 13.9. The molecule has 0 aliphatic rings. The predicted octanol–water partition coefficient (Wildman–Crippen LogP) is 4.42. The molecule has 0 fully saturated rings. The van der Waals surface area contributed by atoms with E-state index < -0.39 is 29.7 Å². The van der Waals surface area contributed by atoms with Gasteiger partial charge in [-0.3, -0.25) is 14.6 Å². The van der Waals surface area contributed by atoms with Crippen LogP contribution >= 0.6 is 0 Å². The van der Waals surface area contributed by atoms with Gasteiger partial charge in [-0.1, -0.05) is 19.9 Å². The van der Waals surface area contributed by atoms with Crippen LogP contribution in [-0.4, -0.2) is 58.6 Å². The molecule has 0 saturated carbocycles. The Bertz CT molecular complexity index is 1250. The van der Waals surface area contributed by atoms with Crippen LogP contribution in [0.4, 0.5) is 8.78 Å². The van der Waals surface area contributed by atoms with E-state index >= 15 is 0 Å². The first-order valence-corrected chi connectivity index (χ1v) is 13.7. The van der Waals surface area contributed by atoms with E-state index in [4.69, 9.17) is 0 Å². The van der Waals surface area contributed by atoms with Gasteiger partial charge >= 0.3 is 0 Å². The standard InChI is InChI=1S/C31H38F2N4O3/c1-4-10-37(11-5-2)31(40)24-13-21(3)12-23(17-24)30(39)36-28(16-22-14-25(32)18-26(33)15-22)29(38)20-34-19-27-8-6-7-9-35-27/h6-9,12-15,17-18,28-29,34,38H,4-5,10-11,16,19-20H2,1-3H3,(H,36,39)/t28-,29+/m0/s1. The molecule has 0 radical (unpaired) electrons. The van der Waals surface area contributed by atoms with Gasteiger partial charge in [0.2, 0.25) is 0 Å². The highest BCUT2D eigenvalue weighted by Gasteiger charge is 2.24. The maximum Gasteiger partial charge on any atom is 0.253 e. The zero-order chi connectivity index (χ0) is 29.1. The van der Waals surface area contributed by atoms with E-state index in [-0.39, 0.29) is 24.4 Å². The molecule has 7 nitrogen and oxygen atoms in total. The molecular formula is C31H38F2N4O3. The largest absolute Gasteiger partial charge is 0.390 e. The van der Waals surface area contributed by atoms with Crippen LogP contribution in [0.5, 0.6) is 0 Å². The third-order valence-electron chi connectivity index (χ3n) is 6.41. The molecule has 9 heteroatoms. The van der Waals surface area contributed by atoms with Gasteiger partial charge in [0.25, 0.3) is 11.8 Å². The second-order valence-electron chi connectivity index (χ2n) is 9.96. The first kappa shape index (κ1) is 30.8. The van der Waals surface area contributed by atoms with Gasteiger partial charge in [-0.05, 0) is 79.8 Å². The smallest absolute Gasteiger partial charge is 0.253 e. The number of aryl methyl sites for hydroxylation is 1. The van der Waals surface area contributed by atoms with Gasteiger partial charge in [0, 0.05) is 49.6 Å². The Morgan fingerprint density at radius 3 is 2.27 bits per heavy atom. The number of nitrogens with one attached hydrogen (secondary N) is 2. The van der Waals surface area contributed by atoms with Crippen LogP contribution in [0, 0.1) is 18.6 Å². The number of pyridine rings is 1. The maximum atomic E-state index is 13.9. The van der Waals surface area contributed by atoms with Crippen molar-refractivity contribution in [1.82, 2.24) is 20.5 Å². The van der Waals surface area contributed by atoms with E-state index in [0.29, 0.717) is 30.8 Å². The third-order valence-corrected chi connectivity index (χ3v) is 6.41. The van der Waals surface area contributed by atoms with Crippen molar-refractivity contribution in [2.45, 2.75) is 58.7 Å². The molecule has 2 aromatic carbocycles. The number of amides is 2. The quantitative estimate of drug-likeness (QED) is 0.275. The topological polar surface area (TPSA) is 94.6 Å². The first-order valence-electron chi connectivity index (χ1n) is 13.7. The Balaban J connectivity index is 1.80. The second kappa shape index (κ2) is 15.2. The first-order chi connectivity index (χ1) is 19.2. The van der Waals surface area contributed by atoms with Crippen molar-refractivity contribution in [2.75, 3.05) is 19.6 Å². The molecule has 2 amide bonds. The second-order valence-corrected chi connectivity index (χ2v) is 9.96. The fourth-order valence-corrected chi connectivity index (χ4v) is 4.59. The van der Waals surface area contributed by atoms with Crippen molar-refractivity contribution in [2.24, 2.45) is 0 Å². The molecule has 0 spiro atoms. The predicted molar refractivity (Wildman–Crippen MR) is 151 cm³/mol. The normalized spacial score (nSPS) is 12.6. The van der Waals surface area contributed by atoms with Gasteiger partial charge in [0.1, 0.15) is 11.6 Å². The summed E-state index contributed by atoms with van der Waals surface area (Å²) in [5, 5.41) is 17.0. The van der Waals surface area contributed by atoms with Crippen LogP contribution in [0.15, 0.2) is 60.8 Å². The van der Waals surface area contributed by atoms with E-state index in [1.807, 2.05) is 26.0 Å². The average Bonchev–Trinajstić information content (AvgIpc) is 2.91. The molecule has 1 heterocycles. The molecular weight excluding hydrogens is 514 g/mol. The summed E-state index contributed by atoms with van der Waals surface area (Å²) >= 11 is 0. The molecule has 1 aromatic heterocycles. The number of aliphatic hydroxyl groups excluding tert-OH is 1. The van der Waals surface area contributed by atoms with E-state index in [1.54, 1.807) is 42.3 Å². The van der Waals surface area contributed by atoms with Crippen molar-refractivity contribution in [3.63, 3.8) is 0 Å². The Morgan fingerprint density at radius 1 is 0.975 bits per heavy atom. The number of hydrogen-bond donors (Lipinski definition) is 3. The van der Waals surface area contributed by atoms with Crippen molar-refractivity contribution in [1.29, 1.82) is 0 Å². The minimum atomic E-state index is -1.09. The van der Waals surface area contributed by atoms with Gasteiger partial charge < -0.3 is 20.6 Å². The molecule has 0 unspecified atom stereocenters. The Hall–Kier alpha value is -3.69. The zero-order valence-corrected chi connectivity index (χ0v) is 23.3. The van der Waals surface area contributed by atoms with Crippen molar-refractivity contribution < 1.29 is 23.5 Å². The number of rotatable bonds is 14. The summed E-state index contributed by atoms with van der Waals surface area (Å²) in [7, 11) is 0. The van der Waals surface area contributed by atoms with Crippen LogP contribution in [0.1, 0.15) is 64.2 Å². The summed E-state index contributed by atoms with van der Waals surface area (Å²) in [5.74, 6) is -2.13. The lowest BCUT2D eigenvalue weighted by atomic mass is 9.99. The van der Waals surface area contributed by atoms with E-state index in [1.165, 1.54) is 12.1 Å². The Labute approximate surface area is 234 Å². The van der Waals surface area contributed by atoms with Gasteiger partial charge in [0.15, 0.2) is 0 Å². The molecule has 0 saturated heterocycles. The van der Waals surface area contributed by atoms with E-state index in [2.05, 4.69) is 15.6 Å². The van der Waals surface area contributed by atoms with Crippen LogP contribution in [-0.2, 0) is 13.0 Å². The highest BCUT2D eigenvalue weighted by atomic mass is 19.1. The van der Waals surface area contributed by atoms with Gasteiger partial charge in [-0.2, -0.15) is 0 Å². The van der Waals surface area contributed by atoms with Crippen molar-refractivity contribution >= 4 is 11.8 Å². The summed E-state index contributed by atoms with van der Waals surface area (Å²) in [6.45, 7) is 7.54. The van der Waals surface area contributed by atoms with E-state index in [9.17, 15) is 23.5 Å². The number of nitrogens with zero attached hydrogens (tertiary/aromatic N) is 2. The number of halogens is 2. The SMILES string of the molecule is CCCN(CCC)C(=O)c1cc(C)cc(C(=O)N[C@@H](Cc2cc(F)cc(F)c2)[C@H](O)CNCc2ccccn2)c1. The van der Waals surface area contributed by atoms with Crippen molar-refractivity contribution in [3.05, 3.63) is 100 Å². The molecule has 3 aromatic rings. The van der Waals surface area contributed by atoms with Crippen molar-refractivity contribution in [3.8, 4) is 0 Å². The number of carbonyl (C=O) groups is 2. The summed E-state index contributed by atoms with van der Waals surface area (Å²) in [4.78, 5) is 32.6. The van der Waals surface area contributed by atoms with Gasteiger partial charge in [0.05, 0.1) is 17.8 Å². The number of carbonyl (C=O) groups excluding carboxylic acids is 2. The third kappa shape index (κ3) is 9.20. The lowest BCUT2D eigenvalue weighted by molar-refractivity contribution is 0.0755. The number of aromatic nitrogens is 1. The minimum Gasteiger partial charge on any atom is -0.390 e. The van der Waals surface area contributed by atoms with Crippen LogP contribution in [0.3, 0.4) is 0 Å². The molecule has 40 heavy (non-hydrogen) atoms. The number of hydrogen-bond acceptors (Lipinski definition) is 5. The molecule has 2 atom stereocenters. The monoisotopic (exact) mass is 552 g/mol. The summed E-state index contributed by atoms with van der Waals surface area (Å²) < 4.78 is 27.8. The molecule has 214 valence electrons. The molecule has 0 bridgehead atoms. The van der Waals surface area contributed by atoms with Crippen LogP contribution in [0.2, 0.25) is 0 Å². The molecule has 3 N–H and O–H groups in total. The minimum absolute atomic E-state index is 0.00870. The van der Waals surface area contributed by atoms with Crippen LogP contribution in [0.25, 0.3) is 0 Å². The zero-order valence-electron chi connectivity index (χ0n) is 23.3. The lowest BCUT2D eigenvalue weighted by Crippen LogP contribution is -2.48. The number of benzene rings is 2. The molecule has 0 aliphatic heterocycles. The molecule has 0 aliphatic carbocycles. The molecule has 3 rings (SSSR count). The summed E-state index contributed by atoms with van der Waals surface area (Å²) in [6.07, 6.45) is 2.21. The van der Waals surface area contributed by atoms with Gasteiger partial charge in [-0.15, -0.1) is 0 Å².